The zero-order chi connectivity index (χ0) is 22.5. The molecule has 32 heavy (non-hydrogen) atoms. The highest BCUT2D eigenvalue weighted by atomic mass is 16.5. The van der Waals surface area contributed by atoms with Crippen molar-refractivity contribution in [1.82, 2.24) is 0 Å². The Bertz CT molecular complexity index is 774. The number of hydrogen-bond donors (Lipinski definition) is 1. The van der Waals surface area contributed by atoms with Crippen molar-refractivity contribution in [3.8, 4) is 11.8 Å². The monoisotopic (exact) mass is 434 g/mol. The Hall–Kier alpha value is -2.38. The summed E-state index contributed by atoms with van der Waals surface area (Å²) in [6, 6.07) is 20.4. The van der Waals surface area contributed by atoms with E-state index in [9.17, 15) is 5.11 Å². The maximum atomic E-state index is 9.99. The Kier molecular flexibility index (Phi) is 14.7. The minimum absolute atomic E-state index is 0.399. The van der Waals surface area contributed by atoms with Gasteiger partial charge in [0, 0.05) is 19.4 Å². The Balaban J connectivity index is 1.35. The summed E-state index contributed by atoms with van der Waals surface area (Å²) in [6.45, 7) is 2.72. The first-order chi connectivity index (χ1) is 15.8. The third kappa shape index (κ3) is 13.8. The van der Waals surface area contributed by atoms with Crippen LogP contribution in [0.25, 0.3) is 0 Å². The molecule has 2 aromatic carbocycles. The number of unbranched alkanes of at least 4 members (excludes halogenated alkanes) is 5. The van der Waals surface area contributed by atoms with Crippen molar-refractivity contribution in [2.24, 2.45) is 0 Å². The van der Waals surface area contributed by atoms with Crippen LogP contribution in [0.2, 0.25) is 0 Å². The summed E-state index contributed by atoms with van der Waals surface area (Å²) < 4.78 is 11.3. The van der Waals surface area contributed by atoms with Gasteiger partial charge in [-0.25, -0.2) is 0 Å². The summed E-state index contributed by atoms with van der Waals surface area (Å²) in [5, 5.41) is 9.99. The zero-order valence-corrected chi connectivity index (χ0v) is 19.3. The molecule has 1 N–H and O–H groups in total. The molecule has 3 nitrogen and oxygen atoms in total. The molecule has 0 unspecified atom stereocenters. The number of aliphatic hydroxyl groups is 1. The third-order valence-corrected chi connectivity index (χ3v) is 5.07. The first kappa shape index (κ1) is 25.9. The number of rotatable bonds is 16. The van der Waals surface area contributed by atoms with E-state index < -0.39 is 6.10 Å². The summed E-state index contributed by atoms with van der Waals surface area (Å²) in [7, 11) is 0. The van der Waals surface area contributed by atoms with Crippen LogP contribution in [0, 0.1) is 11.8 Å². The Morgan fingerprint density at radius 2 is 1.34 bits per heavy atom. The van der Waals surface area contributed by atoms with Crippen molar-refractivity contribution in [3.63, 3.8) is 0 Å². The lowest BCUT2D eigenvalue weighted by atomic mass is 10.1. The molecular formula is C29H38O3. The fourth-order valence-corrected chi connectivity index (χ4v) is 3.21. The SMILES string of the molecule is O[C@H](CC#CCCCCCCCOCc1ccccc1)C/C=C/COCc1ccccc1. The molecule has 0 saturated heterocycles. The standard InChI is InChI=1S/C29H38O3/c30-29(22-14-16-24-32-26-28-19-11-8-12-20-28)21-13-5-3-1-2-4-6-15-23-31-25-27-17-9-7-10-18-27/h7-12,14,16-20,29-30H,1-4,6,15,21-26H2/b16-14+/t29-/m1/s1. The van der Waals surface area contributed by atoms with Gasteiger partial charge < -0.3 is 14.6 Å². The van der Waals surface area contributed by atoms with Crippen LogP contribution < -0.4 is 0 Å². The van der Waals surface area contributed by atoms with Crippen LogP contribution in [-0.2, 0) is 22.7 Å². The molecule has 0 radical (unpaired) electrons. The minimum Gasteiger partial charge on any atom is -0.392 e. The molecule has 1 atom stereocenters. The van der Waals surface area contributed by atoms with Crippen LogP contribution >= 0.6 is 0 Å². The summed E-state index contributed by atoms with van der Waals surface area (Å²) in [5.41, 5.74) is 2.41. The average molecular weight is 435 g/mol. The first-order valence-corrected chi connectivity index (χ1v) is 11.9. The Morgan fingerprint density at radius 1 is 0.719 bits per heavy atom. The topological polar surface area (TPSA) is 38.7 Å². The van der Waals surface area contributed by atoms with E-state index in [0.29, 0.717) is 32.7 Å². The summed E-state index contributed by atoms with van der Waals surface area (Å²) in [6.07, 6.45) is 11.5. The van der Waals surface area contributed by atoms with Gasteiger partial charge in [-0.15, -0.1) is 11.8 Å². The highest BCUT2D eigenvalue weighted by Crippen LogP contribution is 2.07. The van der Waals surface area contributed by atoms with E-state index >= 15 is 0 Å². The lowest BCUT2D eigenvalue weighted by Crippen LogP contribution is -2.03. The van der Waals surface area contributed by atoms with Gasteiger partial charge in [0.15, 0.2) is 0 Å². The number of aliphatic hydroxyl groups excluding tert-OH is 1. The summed E-state index contributed by atoms with van der Waals surface area (Å²) >= 11 is 0. The van der Waals surface area contributed by atoms with E-state index in [1.54, 1.807) is 0 Å². The van der Waals surface area contributed by atoms with Gasteiger partial charge in [-0.1, -0.05) is 92.1 Å². The highest BCUT2D eigenvalue weighted by Gasteiger charge is 1.98. The first-order valence-electron chi connectivity index (χ1n) is 11.9. The van der Waals surface area contributed by atoms with E-state index in [1.165, 1.54) is 30.4 Å². The molecule has 2 rings (SSSR count). The predicted octanol–water partition coefficient (Wildman–Crippen LogP) is 6.46. The minimum atomic E-state index is -0.399. The lowest BCUT2D eigenvalue weighted by Gasteiger charge is -2.04. The fourth-order valence-electron chi connectivity index (χ4n) is 3.21. The van der Waals surface area contributed by atoms with Crippen LogP contribution in [0.5, 0.6) is 0 Å². The average Bonchev–Trinajstić information content (AvgIpc) is 2.83. The lowest BCUT2D eigenvalue weighted by molar-refractivity contribution is 0.116. The molecule has 0 aliphatic heterocycles. The number of hydrogen-bond acceptors (Lipinski definition) is 3. The van der Waals surface area contributed by atoms with E-state index in [4.69, 9.17) is 9.47 Å². The molecular weight excluding hydrogens is 396 g/mol. The van der Waals surface area contributed by atoms with Gasteiger partial charge in [-0.3, -0.25) is 0 Å². The van der Waals surface area contributed by atoms with E-state index in [0.717, 1.165) is 25.9 Å². The molecule has 0 aromatic heterocycles. The largest absolute Gasteiger partial charge is 0.392 e. The van der Waals surface area contributed by atoms with Gasteiger partial charge in [-0.05, 0) is 30.4 Å². The number of ether oxygens (including phenoxy) is 2. The predicted molar refractivity (Wildman–Crippen MR) is 132 cm³/mol. The van der Waals surface area contributed by atoms with Crippen molar-refractivity contribution < 1.29 is 14.6 Å². The second kappa shape index (κ2) is 18.2. The molecule has 0 bridgehead atoms. The normalized spacial score (nSPS) is 11.9. The molecule has 172 valence electrons. The van der Waals surface area contributed by atoms with Crippen LogP contribution in [0.1, 0.15) is 62.5 Å². The zero-order valence-electron chi connectivity index (χ0n) is 19.3. The quantitative estimate of drug-likeness (QED) is 0.187. The van der Waals surface area contributed by atoms with Gasteiger partial charge >= 0.3 is 0 Å². The molecule has 0 amide bonds. The van der Waals surface area contributed by atoms with Crippen molar-refractivity contribution in [3.05, 3.63) is 83.9 Å². The van der Waals surface area contributed by atoms with Gasteiger partial charge in [-0.2, -0.15) is 0 Å². The van der Waals surface area contributed by atoms with Gasteiger partial charge in [0.2, 0.25) is 0 Å². The molecule has 0 spiro atoms. The molecule has 0 heterocycles. The maximum absolute atomic E-state index is 9.99. The second-order valence-electron chi connectivity index (χ2n) is 7.98. The van der Waals surface area contributed by atoms with Crippen molar-refractivity contribution >= 4 is 0 Å². The maximum Gasteiger partial charge on any atom is 0.0721 e. The molecule has 2 aromatic rings. The fraction of sp³-hybridized carbons (Fsp3) is 0.448. The second-order valence-corrected chi connectivity index (χ2v) is 7.98. The van der Waals surface area contributed by atoms with Gasteiger partial charge in [0.1, 0.15) is 0 Å². The Morgan fingerprint density at radius 3 is 2.06 bits per heavy atom. The van der Waals surface area contributed by atoms with Crippen molar-refractivity contribution in [2.45, 2.75) is 70.7 Å². The molecule has 0 fully saturated rings. The third-order valence-electron chi connectivity index (χ3n) is 5.07. The van der Waals surface area contributed by atoms with Crippen molar-refractivity contribution in [1.29, 1.82) is 0 Å². The Labute approximate surface area is 194 Å². The summed E-state index contributed by atoms with van der Waals surface area (Å²) in [4.78, 5) is 0. The van der Waals surface area contributed by atoms with Gasteiger partial charge in [0.05, 0.1) is 25.9 Å². The molecule has 0 aliphatic carbocycles. The van der Waals surface area contributed by atoms with Crippen LogP contribution in [0.3, 0.4) is 0 Å². The van der Waals surface area contributed by atoms with Crippen molar-refractivity contribution in [2.75, 3.05) is 13.2 Å². The van der Waals surface area contributed by atoms with Crippen LogP contribution in [0.15, 0.2) is 72.8 Å². The molecule has 0 aliphatic rings. The van der Waals surface area contributed by atoms with E-state index in [1.807, 2.05) is 48.6 Å². The van der Waals surface area contributed by atoms with E-state index in [2.05, 4.69) is 36.1 Å². The molecule has 0 saturated carbocycles. The number of benzene rings is 2. The summed E-state index contributed by atoms with van der Waals surface area (Å²) in [5.74, 6) is 6.30. The van der Waals surface area contributed by atoms with E-state index in [-0.39, 0.29) is 0 Å². The van der Waals surface area contributed by atoms with Gasteiger partial charge in [0.25, 0.3) is 0 Å². The molecule has 3 heteroatoms. The highest BCUT2D eigenvalue weighted by molar-refractivity contribution is 5.14. The smallest absolute Gasteiger partial charge is 0.0721 e. The van der Waals surface area contributed by atoms with Crippen LogP contribution in [0.4, 0.5) is 0 Å². The van der Waals surface area contributed by atoms with Crippen LogP contribution in [-0.4, -0.2) is 24.4 Å².